The van der Waals surface area contributed by atoms with Crippen LogP contribution in [0.5, 0.6) is 0 Å². The fraction of sp³-hybridized carbons (Fsp3) is 0.800. The molecule has 0 aromatic rings. The summed E-state index contributed by atoms with van der Waals surface area (Å²) in [5.74, 6) is 1.53. The summed E-state index contributed by atoms with van der Waals surface area (Å²) in [6.07, 6.45) is 7.14. The van der Waals surface area contributed by atoms with Gasteiger partial charge in [0.05, 0.1) is 5.92 Å². The van der Waals surface area contributed by atoms with Gasteiger partial charge < -0.3 is 5.11 Å². The highest BCUT2D eigenvalue weighted by Crippen LogP contribution is 2.47. The predicted molar refractivity (Wildman–Crippen MR) is 68.7 cm³/mol. The van der Waals surface area contributed by atoms with Crippen molar-refractivity contribution in [3.8, 4) is 0 Å². The molecule has 0 bridgehead atoms. The van der Waals surface area contributed by atoms with E-state index < -0.39 is 5.97 Å². The molecule has 2 rings (SSSR count). The second-order valence-electron chi connectivity index (χ2n) is 6.14. The van der Waals surface area contributed by atoms with E-state index in [0.717, 1.165) is 18.3 Å². The minimum absolute atomic E-state index is 0.197. The molecule has 96 valence electrons. The van der Waals surface area contributed by atoms with Crippen molar-refractivity contribution < 1.29 is 9.90 Å². The van der Waals surface area contributed by atoms with Gasteiger partial charge in [0, 0.05) is 0 Å². The summed E-state index contributed by atoms with van der Waals surface area (Å²) >= 11 is 0. The SMILES string of the molecule is CC1=CC2C(C(C)C(=O)O)CC[C@@H](C)C2CC1. The van der Waals surface area contributed by atoms with Crippen molar-refractivity contribution in [3.63, 3.8) is 0 Å². The van der Waals surface area contributed by atoms with E-state index in [4.69, 9.17) is 0 Å². The highest BCUT2D eigenvalue weighted by atomic mass is 16.4. The molecular weight excluding hydrogens is 212 g/mol. The Morgan fingerprint density at radius 1 is 1.41 bits per heavy atom. The smallest absolute Gasteiger partial charge is 0.306 e. The van der Waals surface area contributed by atoms with Crippen molar-refractivity contribution in [2.24, 2.45) is 29.6 Å². The summed E-state index contributed by atoms with van der Waals surface area (Å²) < 4.78 is 0. The van der Waals surface area contributed by atoms with E-state index >= 15 is 0 Å². The predicted octanol–water partition coefficient (Wildman–Crippen LogP) is 3.73. The number of carbonyl (C=O) groups is 1. The van der Waals surface area contributed by atoms with E-state index in [1.54, 1.807) is 0 Å². The summed E-state index contributed by atoms with van der Waals surface area (Å²) in [6, 6.07) is 0. The lowest BCUT2D eigenvalue weighted by atomic mass is 9.60. The van der Waals surface area contributed by atoms with Crippen molar-refractivity contribution >= 4 is 5.97 Å². The number of carboxylic acids is 1. The maximum atomic E-state index is 11.2. The summed E-state index contributed by atoms with van der Waals surface area (Å²) in [6.45, 7) is 6.42. The van der Waals surface area contributed by atoms with Gasteiger partial charge in [-0.05, 0) is 49.9 Å². The third-order valence-electron chi connectivity index (χ3n) is 5.06. The number of aliphatic carboxylic acids is 1. The molecule has 2 nitrogen and oxygen atoms in total. The fourth-order valence-corrected chi connectivity index (χ4v) is 3.86. The third-order valence-corrected chi connectivity index (χ3v) is 5.06. The third kappa shape index (κ3) is 2.41. The first-order chi connectivity index (χ1) is 8.00. The second kappa shape index (κ2) is 4.83. The van der Waals surface area contributed by atoms with Gasteiger partial charge in [-0.2, -0.15) is 0 Å². The molecule has 0 aromatic carbocycles. The second-order valence-corrected chi connectivity index (χ2v) is 6.14. The molecule has 2 aliphatic rings. The van der Waals surface area contributed by atoms with E-state index in [2.05, 4.69) is 19.9 Å². The molecule has 4 unspecified atom stereocenters. The van der Waals surface area contributed by atoms with Crippen LogP contribution in [0.2, 0.25) is 0 Å². The highest BCUT2D eigenvalue weighted by molar-refractivity contribution is 5.70. The van der Waals surface area contributed by atoms with Gasteiger partial charge in [-0.1, -0.05) is 31.9 Å². The highest BCUT2D eigenvalue weighted by Gasteiger charge is 2.41. The van der Waals surface area contributed by atoms with Gasteiger partial charge >= 0.3 is 5.97 Å². The Kier molecular flexibility index (Phi) is 3.60. The van der Waals surface area contributed by atoms with Gasteiger partial charge in [-0.3, -0.25) is 4.79 Å². The number of allylic oxidation sites excluding steroid dienone is 2. The van der Waals surface area contributed by atoms with E-state index in [0.29, 0.717) is 11.8 Å². The Labute approximate surface area is 104 Å². The van der Waals surface area contributed by atoms with Crippen LogP contribution in [0.4, 0.5) is 0 Å². The lowest BCUT2D eigenvalue weighted by Gasteiger charge is -2.44. The lowest BCUT2D eigenvalue weighted by Crippen LogP contribution is -2.39. The number of fused-ring (bicyclic) bond motifs is 1. The van der Waals surface area contributed by atoms with E-state index in [9.17, 15) is 9.90 Å². The van der Waals surface area contributed by atoms with Gasteiger partial charge in [0.2, 0.25) is 0 Å². The molecule has 17 heavy (non-hydrogen) atoms. The van der Waals surface area contributed by atoms with E-state index in [-0.39, 0.29) is 5.92 Å². The molecular formula is C15H24O2. The molecule has 2 heteroatoms. The van der Waals surface area contributed by atoms with Crippen molar-refractivity contribution in [2.45, 2.75) is 46.5 Å². The molecule has 0 aliphatic heterocycles. The van der Waals surface area contributed by atoms with Crippen LogP contribution in [0.25, 0.3) is 0 Å². The standard InChI is InChI=1S/C15H24O2/c1-9-4-6-12-10(2)5-7-13(14(12)8-9)11(3)15(16)17/h8,10-14H,4-7H2,1-3H3,(H,16,17)/t10-,11?,12?,13?,14?/m1/s1. The zero-order chi connectivity index (χ0) is 12.6. The van der Waals surface area contributed by atoms with E-state index in [1.165, 1.54) is 24.8 Å². The first kappa shape index (κ1) is 12.7. The van der Waals surface area contributed by atoms with Crippen LogP contribution in [0.1, 0.15) is 46.5 Å². The molecule has 0 spiro atoms. The summed E-state index contributed by atoms with van der Waals surface area (Å²) in [5, 5.41) is 9.24. The fourth-order valence-electron chi connectivity index (χ4n) is 3.86. The summed E-state index contributed by atoms with van der Waals surface area (Å²) in [4.78, 5) is 11.2. The van der Waals surface area contributed by atoms with Gasteiger partial charge in [-0.25, -0.2) is 0 Å². The normalized spacial score (nSPS) is 39.1. The molecule has 5 atom stereocenters. The minimum Gasteiger partial charge on any atom is -0.481 e. The molecule has 0 radical (unpaired) electrons. The maximum absolute atomic E-state index is 11.2. The monoisotopic (exact) mass is 236 g/mol. The van der Waals surface area contributed by atoms with Crippen molar-refractivity contribution in [3.05, 3.63) is 11.6 Å². The molecule has 1 fully saturated rings. The van der Waals surface area contributed by atoms with Crippen LogP contribution in [-0.4, -0.2) is 11.1 Å². The topological polar surface area (TPSA) is 37.3 Å². The summed E-state index contributed by atoms with van der Waals surface area (Å²) in [7, 11) is 0. The molecule has 1 saturated carbocycles. The Morgan fingerprint density at radius 3 is 2.76 bits per heavy atom. The molecule has 0 saturated heterocycles. The Morgan fingerprint density at radius 2 is 2.12 bits per heavy atom. The van der Waals surface area contributed by atoms with Crippen LogP contribution in [-0.2, 0) is 4.79 Å². The van der Waals surface area contributed by atoms with Crippen molar-refractivity contribution in [2.75, 3.05) is 0 Å². The average Bonchev–Trinajstić information content (AvgIpc) is 2.28. The molecule has 0 heterocycles. The Hall–Kier alpha value is -0.790. The quantitative estimate of drug-likeness (QED) is 0.742. The zero-order valence-corrected chi connectivity index (χ0v) is 11.1. The van der Waals surface area contributed by atoms with Gasteiger partial charge in [-0.15, -0.1) is 0 Å². The number of carboxylic acid groups (broad SMARTS) is 1. The number of rotatable bonds is 2. The first-order valence-electron chi connectivity index (χ1n) is 6.90. The van der Waals surface area contributed by atoms with Gasteiger partial charge in [0.1, 0.15) is 0 Å². The van der Waals surface area contributed by atoms with Crippen LogP contribution >= 0.6 is 0 Å². The maximum Gasteiger partial charge on any atom is 0.306 e. The van der Waals surface area contributed by atoms with Crippen LogP contribution in [0.3, 0.4) is 0 Å². The summed E-state index contributed by atoms with van der Waals surface area (Å²) in [5.41, 5.74) is 1.46. The van der Waals surface area contributed by atoms with Gasteiger partial charge in [0.15, 0.2) is 0 Å². The largest absolute Gasteiger partial charge is 0.481 e. The molecule has 1 N–H and O–H groups in total. The van der Waals surface area contributed by atoms with Crippen LogP contribution in [0, 0.1) is 29.6 Å². The van der Waals surface area contributed by atoms with Crippen molar-refractivity contribution in [1.82, 2.24) is 0 Å². The Balaban J connectivity index is 2.22. The van der Waals surface area contributed by atoms with E-state index in [1.807, 2.05) is 6.92 Å². The first-order valence-corrected chi connectivity index (χ1v) is 6.90. The molecule has 2 aliphatic carbocycles. The number of hydrogen-bond donors (Lipinski definition) is 1. The molecule has 0 amide bonds. The average molecular weight is 236 g/mol. The van der Waals surface area contributed by atoms with Crippen LogP contribution in [0.15, 0.2) is 11.6 Å². The van der Waals surface area contributed by atoms with Gasteiger partial charge in [0.25, 0.3) is 0 Å². The Bertz CT molecular complexity index is 332. The zero-order valence-electron chi connectivity index (χ0n) is 11.1. The van der Waals surface area contributed by atoms with Crippen LogP contribution < -0.4 is 0 Å². The lowest BCUT2D eigenvalue weighted by molar-refractivity contribution is -0.144. The molecule has 0 aromatic heterocycles. The number of hydrogen-bond acceptors (Lipinski definition) is 1. The minimum atomic E-state index is -0.625. The van der Waals surface area contributed by atoms with Crippen molar-refractivity contribution in [1.29, 1.82) is 0 Å².